The molecule has 2 radical (unpaired) electrons. The van der Waals surface area contributed by atoms with Crippen molar-refractivity contribution in [3.05, 3.63) is 182 Å². The van der Waals surface area contributed by atoms with Gasteiger partial charge in [-0.1, -0.05) is 0 Å². The topological polar surface area (TPSA) is 0 Å². The summed E-state index contributed by atoms with van der Waals surface area (Å²) in [4.78, 5) is 0. The molecule has 5 heteroatoms. The standard InChI is InChI=1S/2C18H16As.2BrH.Pd/c2*1-4-10-16(11-5-1)19(17-12-6-2-7-13-17)18-14-8-3-9-15-18;;;/h2*1-15,19H;2*1H;/q;;;;+2/p-2. The zero-order valence-electron chi connectivity index (χ0n) is 22.4. The van der Waals surface area contributed by atoms with Crippen LogP contribution in [-0.4, -0.2) is 29.3 Å². The van der Waals surface area contributed by atoms with E-state index in [1.54, 1.807) is 0 Å². The van der Waals surface area contributed by atoms with E-state index in [4.69, 9.17) is 0 Å². The van der Waals surface area contributed by atoms with Gasteiger partial charge in [0.2, 0.25) is 0 Å². The van der Waals surface area contributed by atoms with Crippen LogP contribution in [0.4, 0.5) is 0 Å². The average Bonchev–Trinajstić information content (AvgIpc) is 3.05. The third-order valence-corrected chi connectivity index (χ3v) is 17.8. The summed E-state index contributed by atoms with van der Waals surface area (Å²) in [5, 5.41) is 0. The van der Waals surface area contributed by atoms with Crippen molar-refractivity contribution >= 4 is 82.3 Å². The quantitative estimate of drug-likeness (QED) is 0.193. The molecule has 0 amide bonds. The molecule has 0 aliphatic rings. The summed E-state index contributed by atoms with van der Waals surface area (Å²) in [5.74, 6) is 0. The van der Waals surface area contributed by atoms with E-state index >= 15 is 0 Å². The number of rotatable bonds is 6. The molecule has 0 unspecified atom stereocenters. The van der Waals surface area contributed by atoms with Crippen molar-refractivity contribution in [2.45, 2.75) is 0 Å². The van der Waals surface area contributed by atoms with Gasteiger partial charge in [0.25, 0.3) is 0 Å². The molecule has 0 spiro atoms. The number of hydrogen-bond acceptors (Lipinski definition) is 0. The van der Waals surface area contributed by atoms with Gasteiger partial charge >= 0.3 is 278 Å². The number of benzene rings is 6. The molecule has 41 heavy (non-hydrogen) atoms. The van der Waals surface area contributed by atoms with Crippen LogP contribution in [0.5, 0.6) is 0 Å². The van der Waals surface area contributed by atoms with E-state index in [0.29, 0.717) is 13.9 Å². The van der Waals surface area contributed by atoms with Crippen molar-refractivity contribution in [3.63, 3.8) is 0 Å². The van der Waals surface area contributed by atoms with Gasteiger partial charge in [0.1, 0.15) is 0 Å². The van der Waals surface area contributed by atoms with Gasteiger partial charge in [0.15, 0.2) is 0 Å². The third-order valence-electron chi connectivity index (χ3n) is 6.37. The molecule has 0 saturated heterocycles. The van der Waals surface area contributed by atoms with E-state index in [9.17, 15) is 0 Å². The van der Waals surface area contributed by atoms with Crippen LogP contribution in [0, 0.1) is 0 Å². The van der Waals surface area contributed by atoms with Crippen LogP contribution in [0.15, 0.2) is 182 Å². The summed E-state index contributed by atoms with van der Waals surface area (Å²) < 4.78 is 9.00. The van der Waals surface area contributed by atoms with Crippen molar-refractivity contribution in [1.29, 1.82) is 0 Å². The Hall–Kier alpha value is -1.94. The van der Waals surface area contributed by atoms with Gasteiger partial charge < -0.3 is 0 Å². The van der Waals surface area contributed by atoms with Crippen LogP contribution in [0.2, 0.25) is 0 Å². The van der Waals surface area contributed by atoms with Crippen LogP contribution < -0.4 is 26.1 Å². The second-order valence-electron chi connectivity index (χ2n) is 8.99. The molecule has 0 bridgehead atoms. The van der Waals surface area contributed by atoms with E-state index in [1.165, 1.54) is 26.1 Å². The van der Waals surface area contributed by atoms with Gasteiger partial charge in [-0.15, -0.1) is 0 Å². The van der Waals surface area contributed by atoms with Gasteiger partial charge in [0.05, 0.1) is 0 Å². The molecular formula is C36H32As2Br2Pd. The van der Waals surface area contributed by atoms with Gasteiger partial charge in [-0.05, 0) is 0 Å². The molecule has 0 aliphatic heterocycles. The molecule has 0 nitrogen and oxygen atoms in total. The first kappa shape index (κ1) is 32.0. The molecular weight excluding hydrogens is 848 g/mol. The van der Waals surface area contributed by atoms with Crippen LogP contribution in [-0.2, 0) is 13.9 Å². The summed E-state index contributed by atoms with van der Waals surface area (Å²) in [6.07, 6.45) is 0. The molecule has 0 fully saturated rings. The first-order chi connectivity index (χ1) is 20.3. The molecule has 0 aliphatic carbocycles. The van der Waals surface area contributed by atoms with E-state index in [2.05, 4.69) is 209 Å². The summed E-state index contributed by atoms with van der Waals surface area (Å²) in [5.41, 5.74) is 0. The van der Waals surface area contributed by atoms with Crippen molar-refractivity contribution < 1.29 is 13.9 Å². The van der Waals surface area contributed by atoms with Crippen molar-refractivity contribution in [2.75, 3.05) is 0 Å². The maximum absolute atomic E-state index is 3.11. The van der Waals surface area contributed by atoms with Crippen LogP contribution in [0.3, 0.4) is 0 Å². The second-order valence-corrected chi connectivity index (χ2v) is 26.6. The van der Waals surface area contributed by atoms with Crippen LogP contribution >= 0.6 is 26.9 Å². The summed E-state index contributed by atoms with van der Waals surface area (Å²) in [6, 6.07) is 65.6. The molecule has 0 atom stereocenters. The average molecular weight is 881 g/mol. The van der Waals surface area contributed by atoms with E-state index in [0.717, 1.165) is 0 Å². The van der Waals surface area contributed by atoms with Crippen molar-refractivity contribution in [2.24, 2.45) is 0 Å². The first-order valence-corrected chi connectivity index (χ1v) is 26.6. The first-order valence-electron chi connectivity index (χ1n) is 13.2. The Morgan fingerprint density at radius 2 is 0.390 bits per heavy atom. The molecule has 6 aromatic rings. The van der Waals surface area contributed by atoms with Gasteiger partial charge in [-0.2, -0.15) is 0 Å². The normalized spacial score (nSPS) is 10.3. The van der Waals surface area contributed by atoms with Gasteiger partial charge in [-0.3, -0.25) is 0 Å². The monoisotopic (exact) mass is 878 g/mol. The van der Waals surface area contributed by atoms with Crippen molar-refractivity contribution in [3.8, 4) is 0 Å². The second kappa shape index (κ2) is 18.6. The summed E-state index contributed by atoms with van der Waals surface area (Å²) in [6.45, 7) is 0. The Labute approximate surface area is 275 Å². The van der Waals surface area contributed by atoms with Gasteiger partial charge in [-0.25, -0.2) is 0 Å². The Kier molecular flexibility index (Phi) is 14.5. The maximum atomic E-state index is 3.11. The zero-order valence-corrected chi connectivity index (χ0v) is 31.3. The fraction of sp³-hybridized carbons (Fsp3) is 0. The predicted molar refractivity (Wildman–Crippen MR) is 189 cm³/mol. The molecule has 6 aromatic carbocycles. The molecule has 0 heterocycles. The molecule has 0 aromatic heterocycles. The number of hydrogen-bond donors (Lipinski definition) is 0. The van der Waals surface area contributed by atoms with E-state index < -0.39 is 29.3 Å². The Morgan fingerprint density at radius 1 is 0.268 bits per heavy atom. The summed E-state index contributed by atoms with van der Waals surface area (Å²) in [7, 11) is 0. The SMILES string of the molecule is [Br][Pd][Br].c1ccc([AsH](c2ccccc2)c2ccccc2)cc1.c1ccc([AsH](c2ccccc2)c2ccccc2)cc1. The Bertz CT molecular complexity index is 1200. The minimum atomic E-state index is -1.63. The molecule has 0 N–H and O–H groups in total. The Morgan fingerprint density at radius 3 is 0.512 bits per heavy atom. The summed E-state index contributed by atoms with van der Waals surface area (Å²) >= 11 is 3.54. The van der Waals surface area contributed by atoms with Gasteiger partial charge in [0, 0.05) is 0 Å². The van der Waals surface area contributed by atoms with E-state index in [-0.39, 0.29) is 0 Å². The predicted octanol–water partition coefficient (Wildman–Crippen LogP) is 5.56. The molecule has 6 rings (SSSR count). The fourth-order valence-electron chi connectivity index (χ4n) is 4.63. The minimum absolute atomic E-state index is 0.575. The third kappa shape index (κ3) is 10.1. The van der Waals surface area contributed by atoms with Crippen LogP contribution in [0.25, 0.3) is 0 Å². The molecule has 210 valence electrons. The zero-order chi connectivity index (χ0) is 28.5. The van der Waals surface area contributed by atoms with E-state index in [1.807, 2.05) is 0 Å². The fourth-order valence-corrected chi connectivity index (χ4v) is 15.4. The molecule has 0 saturated carbocycles. The Balaban J connectivity index is 0.000000173. The van der Waals surface area contributed by atoms with Crippen LogP contribution in [0.1, 0.15) is 0 Å². The van der Waals surface area contributed by atoms with Crippen molar-refractivity contribution in [1.82, 2.24) is 0 Å². The number of halogens is 2.